The van der Waals surface area contributed by atoms with E-state index in [-0.39, 0.29) is 0 Å². The summed E-state index contributed by atoms with van der Waals surface area (Å²) in [6.45, 7) is 10.0. The highest BCUT2D eigenvalue weighted by molar-refractivity contribution is 4.47. The van der Waals surface area contributed by atoms with Gasteiger partial charge in [-0.05, 0) is 12.8 Å². The second-order valence-electron chi connectivity index (χ2n) is 2.55. The van der Waals surface area contributed by atoms with Gasteiger partial charge in [0.05, 0.1) is 6.61 Å². The zero-order valence-electron chi connectivity index (χ0n) is 7.09. The van der Waals surface area contributed by atoms with Crippen LogP contribution < -0.4 is 0 Å². The molecule has 0 atom stereocenters. The van der Waals surface area contributed by atoms with Crippen molar-refractivity contribution in [1.82, 2.24) is 0 Å². The van der Waals surface area contributed by atoms with E-state index in [1.165, 1.54) is 0 Å². The summed E-state index contributed by atoms with van der Waals surface area (Å²) in [5.74, 6) is 0.607. The summed E-state index contributed by atoms with van der Waals surface area (Å²) < 4.78 is 10.2. The normalized spacial score (nSPS) is 10.8. The van der Waals surface area contributed by atoms with Gasteiger partial charge in [0.15, 0.2) is 0 Å². The zero-order valence-corrected chi connectivity index (χ0v) is 7.09. The summed E-state index contributed by atoms with van der Waals surface area (Å²) in [5.41, 5.74) is 0. The molecule has 0 N–H and O–H groups in total. The number of hydrogen-bond acceptors (Lipinski definition) is 2. The second kappa shape index (κ2) is 7.03. The van der Waals surface area contributed by atoms with Crippen molar-refractivity contribution in [2.24, 2.45) is 5.92 Å². The van der Waals surface area contributed by atoms with Crippen LogP contribution in [0, 0.1) is 12.5 Å². The molecule has 0 unspecified atom stereocenters. The molecule has 0 aliphatic rings. The molecule has 0 aromatic carbocycles. The third-order valence-electron chi connectivity index (χ3n) is 0.922. The van der Waals surface area contributed by atoms with Gasteiger partial charge in [-0.3, -0.25) is 0 Å². The maximum Gasteiger partial charge on any atom is 0.109 e. The molecule has 2 heteroatoms. The van der Waals surface area contributed by atoms with E-state index in [1.54, 1.807) is 6.61 Å². The van der Waals surface area contributed by atoms with Crippen LogP contribution in [0.1, 0.15) is 20.8 Å². The van der Waals surface area contributed by atoms with Crippen molar-refractivity contribution >= 4 is 0 Å². The van der Waals surface area contributed by atoms with Gasteiger partial charge in [0.2, 0.25) is 0 Å². The molecule has 61 valence electrons. The highest BCUT2D eigenvalue weighted by atomic mass is 16.5. The zero-order chi connectivity index (χ0) is 7.82. The molecule has 0 rings (SSSR count). The Balaban J connectivity index is 2.77. The first kappa shape index (κ1) is 9.92. The van der Waals surface area contributed by atoms with E-state index in [2.05, 4.69) is 13.8 Å². The Morgan fingerprint density at radius 2 is 2.10 bits per heavy atom. The van der Waals surface area contributed by atoms with Gasteiger partial charge in [0.25, 0.3) is 0 Å². The maximum absolute atomic E-state index is 5.22. The molecule has 0 aromatic rings. The van der Waals surface area contributed by atoms with Crippen molar-refractivity contribution in [3.8, 4) is 0 Å². The fraction of sp³-hybridized carbons (Fsp3) is 0.875. The van der Waals surface area contributed by atoms with Gasteiger partial charge in [-0.25, -0.2) is 0 Å². The fourth-order valence-corrected chi connectivity index (χ4v) is 0.518. The molecule has 0 aliphatic heterocycles. The Bertz CT molecular complexity index is 62.3. The van der Waals surface area contributed by atoms with Crippen LogP contribution in [0.25, 0.3) is 0 Å². The van der Waals surface area contributed by atoms with Gasteiger partial charge in [-0.1, -0.05) is 13.8 Å². The molecule has 0 aromatic heterocycles. The predicted molar refractivity (Wildman–Crippen MR) is 41.6 cm³/mol. The topological polar surface area (TPSA) is 18.5 Å². The lowest BCUT2D eigenvalue weighted by molar-refractivity contribution is 0.0794. The molecule has 0 spiro atoms. The second-order valence-corrected chi connectivity index (χ2v) is 2.55. The van der Waals surface area contributed by atoms with Gasteiger partial charge in [-0.2, -0.15) is 0 Å². The van der Waals surface area contributed by atoms with Crippen molar-refractivity contribution in [3.63, 3.8) is 0 Å². The minimum absolute atomic E-state index is 0.603. The van der Waals surface area contributed by atoms with Gasteiger partial charge < -0.3 is 9.47 Å². The molecule has 1 radical (unpaired) electrons. The van der Waals surface area contributed by atoms with Gasteiger partial charge in [0, 0.05) is 13.2 Å². The number of hydrogen-bond donors (Lipinski definition) is 0. The third kappa shape index (κ3) is 7.92. The molecule has 0 fully saturated rings. The van der Waals surface area contributed by atoms with Crippen LogP contribution in [-0.2, 0) is 9.47 Å². The van der Waals surface area contributed by atoms with Crippen molar-refractivity contribution < 1.29 is 9.47 Å². The Morgan fingerprint density at radius 1 is 1.40 bits per heavy atom. The summed E-state index contributed by atoms with van der Waals surface area (Å²) in [4.78, 5) is 0. The van der Waals surface area contributed by atoms with E-state index in [0.29, 0.717) is 12.5 Å². The SMILES string of the molecule is CCO[CH]COCC(C)C. The van der Waals surface area contributed by atoms with Crippen molar-refractivity contribution in [2.45, 2.75) is 20.8 Å². The quantitative estimate of drug-likeness (QED) is 0.531. The van der Waals surface area contributed by atoms with Crippen LogP contribution in [0.3, 0.4) is 0 Å². The average molecular weight is 145 g/mol. The molecular weight excluding hydrogens is 128 g/mol. The van der Waals surface area contributed by atoms with E-state index in [1.807, 2.05) is 6.92 Å². The average Bonchev–Trinajstić information content (AvgIpc) is 1.87. The lowest BCUT2D eigenvalue weighted by Crippen LogP contribution is -2.04. The van der Waals surface area contributed by atoms with E-state index in [4.69, 9.17) is 9.47 Å². The lowest BCUT2D eigenvalue weighted by atomic mass is 10.2. The summed E-state index contributed by atoms with van der Waals surface area (Å²) in [6.07, 6.45) is 0. The highest BCUT2D eigenvalue weighted by Crippen LogP contribution is 1.92. The van der Waals surface area contributed by atoms with E-state index < -0.39 is 0 Å². The molecule has 0 saturated heterocycles. The molecule has 2 nitrogen and oxygen atoms in total. The first-order valence-electron chi connectivity index (χ1n) is 3.78. The van der Waals surface area contributed by atoms with Crippen LogP contribution in [0.15, 0.2) is 0 Å². The summed E-state index contributed by atoms with van der Waals surface area (Å²) >= 11 is 0. The first-order chi connectivity index (χ1) is 4.77. The van der Waals surface area contributed by atoms with Crippen molar-refractivity contribution in [3.05, 3.63) is 6.61 Å². The van der Waals surface area contributed by atoms with Crippen LogP contribution in [-0.4, -0.2) is 19.8 Å². The van der Waals surface area contributed by atoms with Crippen molar-refractivity contribution in [2.75, 3.05) is 19.8 Å². The molecule has 10 heavy (non-hydrogen) atoms. The Hall–Kier alpha value is -0.0800. The highest BCUT2D eigenvalue weighted by Gasteiger charge is 1.92. The minimum atomic E-state index is 0.603. The van der Waals surface area contributed by atoms with Gasteiger partial charge in [-0.15, -0.1) is 0 Å². The van der Waals surface area contributed by atoms with Crippen LogP contribution in [0.4, 0.5) is 0 Å². The Morgan fingerprint density at radius 3 is 2.60 bits per heavy atom. The van der Waals surface area contributed by atoms with Gasteiger partial charge in [0.1, 0.15) is 6.61 Å². The Labute approximate surface area is 63.5 Å². The van der Waals surface area contributed by atoms with E-state index in [9.17, 15) is 0 Å². The predicted octanol–water partition coefficient (Wildman–Crippen LogP) is 1.86. The van der Waals surface area contributed by atoms with Crippen LogP contribution in [0.2, 0.25) is 0 Å². The van der Waals surface area contributed by atoms with Crippen molar-refractivity contribution in [1.29, 1.82) is 0 Å². The third-order valence-corrected chi connectivity index (χ3v) is 0.922. The molecule has 0 heterocycles. The van der Waals surface area contributed by atoms with E-state index in [0.717, 1.165) is 13.2 Å². The molecule has 0 amide bonds. The van der Waals surface area contributed by atoms with Gasteiger partial charge >= 0.3 is 0 Å². The fourth-order valence-electron chi connectivity index (χ4n) is 0.518. The molecular formula is C8H17O2. The largest absolute Gasteiger partial charge is 0.378 e. The summed E-state index contributed by atoms with van der Waals surface area (Å²) in [6, 6.07) is 0. The first-order valence-corrected chi connectivity index (χ1v) is 3.78. The summed E-state index contributed by atoms with van der Waals surface area (Å²) in [5, 5.41) is 0. The molecule has 0 saturated carbocycles. The van der Waals surface area contributed by atoms with E-state index >= 15 is 0 Å². The van der Waals surface area contributed by atoms with Crippen LogP contribution >= 0.6 is 0 Å². The smallest absolute Gasteiger partial charge is 0.109 e. The minimum Gasteiger partial charge on any atom is -0.378 e. The monoisotopic (exact) mass is 145 g/mol. The number of rotatable bonds is 6. The standard InChI is InChI=1S/C8H17O2/c1-4-9-5-6-10-7-8(2)3/h5,8H,4,6-7H2,1-3H3. The number of ether oxygens (including phenoxy) is 2. The lowest BCUT2D eigenvalue weighted by Gasteiger charge is -2.05. The van der Waals surface area contributed by atoms with Crippen LogP contribution in [0.5, 0.6) is 0 Å². The Kier molecular flexibility index (Phi) is 6.98. The molecule has 0 aliphatic carbocycles. The molecule has 0 bridgehead atoms. The maximum atomic E-state index is 5.22. The summed E-state index contributed by atoms with van der Waals surface area (Å²) in [7, 11) is 0.